The van der Waals surface area contributed by atoms with Crippen molar-refractivity contribution in [1.82, 2.24) is 0 Å². The first-order valence-electron chi connectivity index (χ1n) is 4.40. The van der Waals surface area contributed by atoms with E-state index in [4.69, 9.17) is 23.2 Å². The van der Waals surface area contributed by atoms with Crippen molar-refractivity contribution in [1.29, 1.82) is 0 Å². The summed E-state index contributed by atoms with van der Waals surface area (Å²) in [6.45, 7) is 0. The largest absolute Gasteiger partial charge is 0.207 e. The van der Waals surface area contributed by atoms with Crippen molar-refractivity contribution >= 4 is 23.2 Å². The molecule has 0 aromatic heterocycles. The van der Waals surface area contributed by atoms with Gasteiger partial charge in [-0.1, -0.05) is 23.2 Å². The molecule has 2 rings (SSSR count). The van der Waals surface area contributed by atoms with E-state index in [1.54, 1.807) is 0 Å². The zero-order chi connectivity index (χ0) is 11.7. The summed E-state index contributed by atoms with van der Waals surface area (Å²) in [5.74, 6) is -1.09. The Bertz CT molecular complexity index is 518. The van der Waals surface area contributed by atoms with E-state index in [2.05, 4.69) is 6.07 Å². The maximum absolute atomic E-state index is 13.5. The molecule has 0 atom stereocenters. The Balaban J connectivity index is 2.68. The maximum Gasteiger partial charge on any atom is 0.140 e. The van der Waals surface area contributed by atoms with Crippen molar-refractivity contribution in [2.24, 2.45) is 0 Å². The Hall–Kier alpha value is -1.12. The third kappa shape index (κ3) is 2.04. The molecule has 0 nitrogen and oxygen atoms in total. The standard InChI is InChI=1S/C12H5Cl2F2/c13-9-2-1-3-11(16)12(9)8-5-4-7(15)6-10(8)14/h1-2,4-6H. The minimum absolute atomic E-state index is 0.111. The Morgan fingerprint density at radius 2 is 1.75 bits per heavy atom. The molecule has 0 spiro atoms. The van der Waals surface area contributed by atoms with Gasteiger partial charge in [0.15, 0.2) is 0 Å². The number of halogens is 4. The molecule has 0 fully saturated rings. The van der Waals surface area contributed by atoms with Crippen molar-refractivity contribution in [2.45, 2.75) is 0 Å². The highest BCUT2D eigenvalue weighted by Gasteiger charge is 2.13. The molecule has 0 aliphatic rings. The highest BCUT2D eigenvalue weighted by molar-refractivity contribution is 6.36. The van der Waals surface area contributed by atoms with Crippen molar-refractivity contribution in [3.63, 3.8) is 0 Å². The van der Waals surface area contributed by atoms with Crippen LogP contribution >= 0.6 is 23.2 Å². The summed E-state index contributed by atoms with van der Waals surface area (Å²) >= 11 is 11.7. The molecule has 0 unspecified atom stereocenters. The molecule has 4 heteroatoms. The number of benzene rings is 2. The Morgan fingerprint density at radius 3 is 2.38 bits per heavy atom. The van der Waals surface area contributed by atoms with Gasteiger partial charge in [-0.25, -0.2) is 8.78 Å². The molecular weight excluding hydrogens is 253 g/mol. The molecule has 2 aromatic rings. The first-order valence-corrected chi connectivity index (χ1v) is 5.16. The molecule has 0 bridgehead atoms. The summed E-state index contributed by atoms with van der Waals surface area (Å²) in [5, 5.41) is 0.324. The zero-order valence-corrected chi connectivity index (χ0v) is 9.41. The second-order valence-corrected chi connectivity index (χ2v) is 3.95. The van der Waals surface area contributed by atoms with Crippen molar-refractivity contribution in [3.05, 3.63) is 58.1 Å². The second kappa shape index (κ2) is 4.40. The van der Waals surface area contributed by atoms with Crippen LogP contribution in [0.15, 0.2) is 30.3 Å². The van der Waals surface area contributed by atoms with E-state index >= 15 is 0 Å². The highest BCUT2D eigenvalue weighted by atomic mass is 35.5. The van der Waals surface area contributed by atoms with E-state index in [0.717, 1.165) is 6.07 Å². The lowest BCUT2D eigenvalue weighted by Crippen LogP contribution is -1.88. The average Bonchev–Trinajstić information content (AvgIpc) is 2.20. The molecule has 0 N–H and O–H groups in total. The average molecular weight is 258 g/mol. The van der Waals surface area contributed by atoms with E-state index < -0.39 is 11.6 Å². The van der Waals surface area contributed by atoms with E-state index in [1.165, 1.54) is 24.3 Å². The Kier molecular flexibility index (Phi) is 3.13. The summed E-state index contributed by atoms with van der Waals surface area (Å²) < 4.78 is 26.4. The van der Waals surface area contributed by atoms with Gasteiger partial charge in [-0.3, -0.25) is 0 Å². The topological polar surface area (TPSA) is 0 Å². The van der Waals surface area contributed by atoms with Gasteiger partial charge in [-0.05, 0) is 30.3 Å². The number of hydrogen-bond acceptors (Lipinski definition) is 0. The summed E-state index contributed by atoms with van der Waals surface area (Å²) in [4.78, 5) is 0. The highest BCUT2D eigenvalue weighted by Crippen LogP contribution is 2.35. The van der Waals surface area contributed by atoms with Crippen LogP contribution in [0.1, 0.15) is 0 Å². The molecule has 0 saturated heterocycles. The number of hydrogen-bond donors (Lipinski definition) is 0. The first-order chi connectivity index (χ1) is 7.59. The molecule has 81 valence electrons. The van der Waals surface area contributed by atoms with E-state index in [9.17, 15) is 8.78 Å². The first kappa shape index (κ1) is 11.4. The van der Waals surface area contributed by atoms with E-state index in [1.807, 2.05) is 0 Å². The molecule has 0 aliphatic heterocycles. The quantitative estimate of drug-likeness (QED) is 0.693. The fraction of sp³-hybridized carbons (Fsp3) is 0. The van der Waals surface area contributed by atoms with Gasteiger partial charge in [0.05, 0.1) is 10.0 Å². The Morgan fingerprint density at radius 1 is 1.00 bits per heavy atom. The van der Waals surface area contributed by atoms with Crippen molar-refractivity contribution < 1.29 is 8.78 Å². The molecule has 16 heavy (non-hydrogen) atoms. The van der Waals surface area contributed by atoms with Crippen LogP contribution in [0.5, 0.6) is 0 Å². The fourth-order valence-electron chi connectivity index (χ4n) is 1.39. The van der Waals surface area contributed by atoms with Crippen LogP contribution in [0, 0.1) is 17.7 Å². The molecule has 0 amide bonds. The molecule has 0 saturated carbocycles. The van der Waals surface area contributed by atoms with Crippen LogP contribution in [0.4, 0.5) is 8.78 Å². The smallest absolute Gasteiger partial charge is 0.140 e. The van der Waals surface area contributed by atoms with Crippen molar-refractivity contribution in [3.8, 4) is 11.1 Å². The molecular formula is C12H5Cl2F2. The van der Waals surface area contributed by atoms with Gasteiger partial charge in [0.25, 0.3) is 0 Å². The minimum Gasteiger partial charge on any atom is -0.207 e. The lowest BCUT2D eigenvalue weighted by atomic mass is 10.0. The fourth-order valence-corrected chi connectivity index (χ4v) is 1.90. The van der Waals surface area contributed by atoms with Gasteiger partial charge in [-0.2, -0.15) is 0 Å². The SMILES string of the molecule is Fc1ccc(-c2c(F)[c]ccc2Cl)c(Cl)c1. The number of rotatable bonds is 1. The van der Waals surface area contributed by atoms with Gasteiger partial charge >= 0.3 is 0 Å². The van der Waals surface area contributed by atoms with Gasteiger partial charge in [0.1, 0.15) is 11.6 Å². The summed E-state index contributed by atoms with van der Waals surface area (Å²) in [6.07, 6.45) is 0. The lowest BCUT2D eigenvalue weighted by Gasteiger charge is -2.07. The van der Waals surface area contributed by atoms with E-state index in [-0.39, 0.29) is 15.6 Å². The molecule has 1 radical (unpaired) electrons. The minimum atomic E-state index is -0.610. The zero-order valence-electron chi connectivity index (χ0n) is 7.90. The summed E-state index contributed by atoms with van der Waals surface area (Å²) in [5.41, 5.74) is 0.483. The van der Waals surface area contributed by atoms with Crippen LogP contribution in [-0.2, 0) is 0 Å². The Labute approximate surface area is 101 Å². The molecule has 0 aliphatic carbocycles. The van der Waals surface area contributed by atoms with Crippen LogP contribution in [0.3, 0.4) is 0 Å². The summed E-state index contributed by atoms with van der Waals surface area (Å²) in [7, 11) is 0. The second-order valence-electron chi connectivity index (χ2n) is 3.14. The van der Waals surface area contributed by atoms with Gasteiger partial charge < -0.3 is 0 Å². The van der Waals surface area contributed by atoms with Crippen LogP contribution < -0.4 is 0 Å². The van der Waals surface area contributed by atoms with Gasteiger partial charge in [-0.15, -0.1) is 0 Å². The van der Waals surface area contributed by atoms with E-state index in [0.29, 0.717) is 5.56 Å². The monoisotopic (exact) mass is 257 g/mol. The van der Waals surface area contributed by atoms with Gasteiger partial charge in [0.2, 0.25) is 0 Å². The predicted molar refractivity (Wildman–Crippen MR) is 60.7 cm³/mol. The third-order valence-corrected chi connectivity index (χ3v) is 2.73. The maximum atomic E-state index is 13.5. The summed E-state index contributed by atoms with van der Waals surface area (Å²) in [6, 6.07) is 8.94. The van der Waals surface area contributed by atoms with Crippen molar-refractivity contribution in [2.75, 3.05) is 0 Å². The molecule has 2 aromatic carbocycles. The van der Waals surface area contributed by atoms with Crippen LogP contribution in [-0.4, -0.2) is 0 Å². The molecule has 0 heterocycles. The third-order valence-electron chi connectivity index (χ3n) is 2.10. The lowest BCUT2D eigenvalue weighted by molar-refractivity contribution is 0.625. The van der Waals surface area contributed by atoms with Crippen LogP contribution in [0.2, 0.25) is 10.0 Å². The van der Waals surface area contributed by atoms with Gasteiger partial charge in [0, 0.05) is 17.2 Å². The van der Waals surface area contributed by atoms with Crippen LogP contribution in [0.25, 0.3) is 11.1 Å². The normalized spacial score (nSPS) is 10.5. The predicted octanol–water partition coefficient (Wildman–Crippen LogP) is 4.74.